The van der Waals surface area contributed by atoms with Crippen molar-refractivity contribution in [2.24, 2.45) is 0 Å². The van der Waals surface area contributed by atoms with E-state index < -0.39 is 0 Å². The minimum atomic E-state index is 0.965. The minimum absolute atomic E-state index is 0.965. The average Bonchev–Trinajstić information content (AvgIpc) is 2.84. The molecule has 0 aliphatic rings. The number of hydrogen-bond acceptors (Lipinski definition) is 1. The van der Waals surface area contributed by atoms with Crippen LogP contribution in [0.3, 0.4) is 0 Å². The van der Waals surface area contributed by atoms with Crippen LogP contribution in [0.2, 0.25) is 0 Å². The van der Waals surface area contributed by atoms with E-state index in [0.29, 0.717) is 0 Å². The van der Waals surface area contributed by atoms with Crippen LogP contribution in [-0.4, -0.2) is 4.98 Å². The molecule has 0 saturated heterocycles. The van der Waals surface area contributed by atoms with Crippen molar-refractivity contribution in [2.45, 2.75) is 19.9 Å². The Labute approximate surface area is 183 Å². The second-order valence-corrected chi connectivity index (χ2v) is 7.95. The van der Waals surface area contributed by atoms with Gasteiger partial charge in [0.1, 0.15) is 0 Å². The maximum atomic E-state index is 5.08. The van der Waals surface area contributed by atoms with Gasteiger partial charge >= 0.3 is 0 Å². The highest BCUT2D eigenvalue weighted by atomic mass is 14.9. The fourth-order valence-electron chi connectivity index (χ4n) is 4.07. The zero-order valence-corrected chi connectivity index (χ0v) is 17.7. The Bertz CT molecular complexity index is 1320. The maximum absolute atomic E-state index is 5.08. The molecule has 2 heteroatoms. The van der Waals surface area contributed by atoms with Crippen LogP contribution in [0.25, 0.3) is 33.3 Å². The van der Waals surface area contributed by atoms with Gasteiger partial charge in [-0.05, 0) is 34.9 Å². The van der Waals surface area contributed by atoms with Crippen molar-refractivity contribution in [1.82, 2.24) is 4.98 Å². The molecule has 0 saturated carbocycles. The molecule has 0 bridgehead atoms. The van der Waals surface area contributed by atoms with Gasteiger partial charge in [0.25, 0.3) is 0 Å². The smallest absolute Gasteiger partial charge is 0.169 e. The molecule has 0 atom stereocenters. The zero-order valence-electron chi connectivity index (χ0n) is 17.7. The largest absolute Gasteiger partial charge is 0.247 e. The number of rotatable bonds is 5. The van der Waals surface area contributed by atoms with Gasteiger partial charge in [-0.25, -0.2) is 9.55 Å². The minimum Gasteiger partial charge on any atom is -0.247 e. The van der Waals surface area contributed by atoms with Gasteiger partial charge in [-0.1, -0.05) is 78.9 Å². The maximum Gasteiger partial charge on any atom is 0.169 e. The third kappa shape index (κ3) is 4.10. The van der Waals surface area contributed by atoms with E-state index in [1.54, 1.807) is 0 Å². The number of hydrogen-bond donors (Lipinski definition) is 0. The molecule has 2 nitrogen and oxygen atoms in total. The molecule has 5 rings (SSSR count). The summed E-state index contributed by atoms with van der Waals surface area (Å²) in [4.78, 5) is 5.08. The van der Waals surface area contributed by atoms with Crippen molar-refractivity contribution >= 4 is 10.8 Å². The lowest BCUT2D eigenvalue weighted by Gasteiger charge is -2.11. The number of fused-ring (bicyclic) bond motifs is 1. The zero-order chi connectivity index (χ0) is 21.0. The van der Waals surface area contributed by atoms with E-state index in [2.05, 4.69) is 121 Å². The molecular weight excluding hydrogens is 376 g/mol. The highest BCUT2D eigenvalue weighted by molar-refractivity contribution is 5.96. The number of nitrogens with zero attached hydrogens (tertiary/aromatic N) is 2. The fourth-order valence-corrected chi connectivity index (χ4v) is 4.07. The summed E-state index contributed by atoms with van der Waals surface area (Å²) >= 11 is 0. The predicted octanol–water partition coefficient (Wildman–Crippen LogP) is 6.41. The first-order chi connectivity index (χ1) is 15.3. The molecule has 0 aliphatic carbocycles. The molecule has 0 amide bonds. The summed E-state index contributed by atoms with van der Waals surface area (Å²) in [6.07, 6.45) is 5.33. The van der Waals surface area contributed by atoms with Crippen molar-refractivity contribution in [3.05, 3.63) is 121 Å². The number of aryl methyl sites for hydroxylation is 3. The van der Waals surface area contributed by atoms with Gasteiger partial charge in [0.05, 0.1) is 11.4 Å². The molecule has 150 valence electrons. The van der Waals surface area contributed by atoms with E-state index in [4.69, 9.17) is 4.98 Å². The normalized spacial score (nSPS) is 11.0. The first-order valence-corrected chi connectivity index (χ1v) is 10.8. The molecule has 0 fully saturated rings. The van der Waals surface area contributed by atoms with E-state index in [-0.39, 0.29) is 0 Å². The third-order valence-corrected chi connectivity index (χ3v) is 5.83. The van der Waals surface area contributed by atoms with Gasteiger partial charge in [-0.2, -0.15) is 0 Å². The Balaban J connectivity index is 1.43. The number of pyridine rings is 2. The van der Waals surface area contributed by atoms with Gasteiger partial charge < -0.3 is 0 Å². The highest BCUT2D eigenvalue weighted by Crippen LogP contribution is 2.31. The topological polar surface area (TPSA) is 16.8 Å². The van der Waals surface area contributed by atoms with Gasteiger partial charge in [0, 0.05) is 29.7 Å². The molecule has 31 heavy (non-hydrogen) atoms. The predicted molar refractivity (Wildman–Crippen MR) is 128 cm³/mol. The second kappa shape index (κ2) is 8.53. The van der Waals surface area contributed by atoms with Crippen molar-refractivity contribution < 1.29 is 4.57 Å². The Kier molecular flexibility index (Phi) is 5.28. The Morgan fingerprint density at radius 1 is 0.710 bits per heavy atom. The van der Waals surface area contributed by atoms with E-state index in [9.17, 15) is 0 Å². The van der Waals surface area contributed by atoms with Crippen LogP contribution < -0.4 is 4.57 Å². The first-order valence-electron chi connectivity index (χ1n) is 10.8. The fraction of sp³-hybridized carbons (Fsp3) is 0.103. The van der Waals surface area contributed by atoms with Crippen LogP contribution in [0.4, 0.5) is 0 Å². The van der Waals surface area contributed by atoms with Crippen LogP contribution in [0.5, 0.6) is 0 Å². The van der Waals surface area contributed by atoms with E-state index >= 15 is 0 Å². The third-order valence-electron chi connectivity index (χ3n) is 5.83. The summed E-state index contributed by atoms with van der Waals surface area (Å²) < 4.78 is 2.23. The quantitative estimate of drug-likeness (QED) is 0.311. The van der Waals surface area contributed by atoms with Crippen molar-refractivity contribution in [1.29, 1.82) is 0 Å². The first kappa shape index (κ1) is 19.2. The van der Waals surface area contributed by atoms with Gasteiger partial charge in [-0.15, -0.1) is 0 Å². The highest BCUT2D eigenvalue weighted by Gasteiger charge is 2.11. The van der Waals surface area contributed by atoms with E-state index in [1.165, 1.54) is 27.5 Å². The number of aromatic nitrogens is 2. The van der Waals surface area contributed by atoms with Crippen molar-refractivity contribution in [2.75, 3.05) is 0 Å². The average molecular weight is 402 g/mol. The second-order valence-electron chi connectivity index (χ2n) is 7.95. The van der Waals surface area contributed by atoms with E-state index in [1.807, 2.05) is 0 Å². The Hall–Kier alpha value is -3.78. The van der Waals surface area contributed by atoms with Gasteiger partial charge in [0.2, 0.25) is 0 Å². The molecule has 2 aromatic heterocycles. The molecule has 2 heterocycles. The van der Waals surface area contributed by atoms with Gasteiger partial charge in [-0.3, -0.25) is 0 Å². The molecule has 0 N–H and O–H groups in total. The van der Waals surface area contributed by atoms with Crippen LogP contribution >= 0.6 is 0 Å². The van der Waals surface area contributed by atoms with Crippen LogP contribution in [0.15, 0.2) is 109 Å². The summed E-state index contributed by atoms with van der Waals surface area (Å²) in [6, 6.07) is 34.2. The monoisotopic (exact) mass is 401 g/mol. The van der Waals surface area contributed by atoms with E-state index in [0.717, 1.165) is 29.9 Å². The summed E-state index contributed by atoms with van der Waals surface area (Å²) in [6.45, 7) is 3.10. The summed E-state index contributed by atoms with van der Waals surface area (Å²) in [5, 5.41) is 2.48. The van der Waals surface area contributed by atoms with Crippen molar-refractivity contribution in [3.63, 3.8) is 0 Å². The molecule has 0 spiro atoms. The molecular formula is C29H25N2+. The molecule has 5 aromatic rings. The van der Waals surface area contributed by atoms with Crippen LogP contribution in [-0.2, 0) is 13.0 Å². The summed E-state index contributed by atoms with van der Waals surface area (Å²) in [5.74, 6) is 0. The standard InChI is InChI=1S/C29H25N2/c1-22-14-15-28(30-29(22)27-13-7-11-24-10-5-6-12-26(24)27)25-17-20-31(21-18-25)19-16-23-8-3-2-4-9-23/h2-15,17-18,20-21H,16,19H2,1H3/q+1. The van der Waals surface area contributed by atoms with Crippen molar-refractivity contribution in [3.8, 4) is 22.5 Å². The molecule has 3 aromatic carbocycles. The SMILES string of the molecule is Cc1ccc(-c2cc[n+](CCc3ccccc3)cc2)nc1-c1cccc2ccccc12. The lowest BCUT2D eigenvalue weighted by Crippen LogP contribution is -2.33. The molecule has 0 unspecified atom stereocenters. The summed E-state index contributed by atoms with van der Waals surface area (Å²) in [5.41, 5.74) is 6.93. The lowest BCUT2D eigenvalue weighted by molar-refractivity contribution is -0.696. The molecule has 0 radical (unpaired) electrons. The van der Waals surface area contributed by atoms with Gasteiger partial charge in [0.15, 0.2) is 18.9 Å². The van der Waals surface area contributed by atoms with Crippen LogP contribution in [0.1, 0.15) is 11.1 Å². The Morgan fingerprint density at radius 3 is 2.29 bits per heavy atom. The number of benzene rings is 3. The lowest BCUT2D eigenvalue weighted by atomic mass is 9.98. The van der Waals surface area contributed by atoms with Crippen LogP contribution in [0, 0.1) is 6.92 Å². The summed E-state index contributed by atoms with van der Waals surface area (Å²) in [7, 11) is 0. The Morgan fingerprint density at radius 2 is 1.45 bits per heavy atom. The molecule has 0 aliphatic heterocycles.